The van der Waals surface area contributed by atoms with E-state index in [2.05, 4.69) is 24.0 Å². The lowest BCUT2D eigenvalue weighted by atomic mass is 9.88. The van der Waals surface area contributed by atoms with Gasteiger partial charge < -0.3 is 5.11 Å². The molecule has 2 aromatic rings. The fourth-order valence-electron chi connectivity index (χ4n) is 3.53. The molecule has 2 heterocycles. The highest BCUT2D eigenvalue weighted by Crippen LogP contribution is 2.40. The molecule has 0 spiro atoms. The Morgan fingerprint density at radius 3 is 2.79 bits per heavy atom. The van der Waals surface area contributed by atoms with Gasteiger partial charge in [-0.1, -0.05) is 12.3 Å². The molecule has 0 aromatic carbocycles. The van der Waals surface area contributed by atoms with Gasteiger partial charge in [-0.25, -0.2) is 0 Å². The second-order valence-electron chi connectivity index (χ2n) is 6.23. The molecule has 2 nitrogen and oxygen atoms in total. The van der Waals surface area contributed by atoms with Gasteiger partial charge >= 0.3 is 0 Å². The summed E-state index contributed by atoms with van der Waals surface area (Å²) in [5.74, 6) is 6.90. The van der Waals surface area contributed by atoms with Crippen molar-refractivity contribution in [1.82, 2.24) is 0 Å². The number of aliphatic hydroxyl groups excluding tert-OH is 1. The monoisotopic (exact) mass is 358 g/mol. The van der Waals surface area contributed by atoms with Crippen molar-refractivity contribution < 1.29 is 9.90 Å². The molecule has 0 radical (unpaired) electrons. The molecule has 2 aromatic heterocycles. The van der Waals surface area contributed by atoms with Crippen molar-refractivity contribution in [3.8, 4) is 21.6 Å². The standard InChI is InChI=1S/C20H22O2S2/c1-2-5-15-9-10-17(23-15)18-11-12-19(24-18)20(22)16-8-3-6-14(16)7-4-13-21/h9-12,14,16,21H,3-4,6-8,13H2,1H3/t14-,16-/m0/s1. The summed E-state index contributed by atoms with van der Waals surface area (Å²) in [4.78, 5) is 17.2. The van der Waals surface area contributed by atoms with E-state index in [4.69, 9.17) is 5.11 Å². The lowest BCUT2D eigenvalue weighted by Gasteiger charge is -2.17. The predicted octanol–water partition coefficient (Wildman–Crippen LogP) is 5.22. The third kappa shape index (κ3) is 3.80. The highest BCUT2D eigenvalue weighted by molar-refractivity contribution is 7.23. The van der Waals surface area contributed by atoms with Crippen LogP contribution >= 0.6 is 22.7 Å². The van der Waals surface area contributed by atoms with Gasteiger partial charge in [-0.2, -0.15) is 0 Å². The maximum absolute atomic E-state index is 12.9. The third-order valence-electron chi connectivity index (χ3n) is 4.67. The molecule has 0 aliphatic heterocycles. The van der Waals surface area contributed by atoms with Crippen molar-refractivity contribution in [2.75, 3.05) is 6.61 Å². The van der Waals surface area contributed by atoms with E-state index >= 15 is 0 Å². The average Bonchev–Trinajstić information content (AvgIpc) is 3.32. The maximum atomic E-state index is 12.9. The molecule has 1 aliphatic rings. The number of hydrogen-bond acceptors (Lipinski definition) is 4. The zero-order valence-electron chi connectivity index (χ0n) is 13.9. The van der Waals surface area contributed by atoms with Gasteiger partial charge in [-0.05, 0) is 62.8 Å². The van der Waals surface area contributed by atoms with Gasteiger partial charge in [0.2, 0.25) is 0 Å². The van der Waals surface area contributed by atoms with Gasteiger partial charge in [0.15, 0.2) is 5.78 Å². The average molecular weight is 359 g/mol. The smallest absolute Gasteiger partial charge is 0.176 e. The van der Waals surface area contributed by atoms with Crippen LogP contribution in [0.3, 0.4) is 0 Å². The van der Waals surface area contributed by atoms with E-state index in [1.54, 1.807) is 22.7 Å². The number of carbonyl (C=O) groups is 1. The molecule has 24 heavy (non-hydrogen) atoms. The highest BCUT2D eigenvalue weighted by atomic mass is 32.1. The van der Waals surface area contributed by atoms with Crippen LogP contribution < -0.4 is 0 Å². The minimum atomic E-state index is 0.146. The van der Waals surface area contributed by atoms with Crippen molar-refractivity contribution in [2.24, 2.45) is 11.8 Å². The van der Waals surface area contributed by atoms with Crippen LogP contribution in [0.25, 0.3) is 9.75 Å². The second-order valence-corrected chi connectivity index (χ2v) is 8.40. The van der Waals surface area contributed by atoms with Crippen molar-refractivity contribution >= 4 is 28.5 Å². The van der Waals surface area contributed by atoms with Crippen LogP contribution in [0.15, 0.2) is 24.3 Å². The molecular weight excluding hydrogens is 336 g/mol. The Balaban J connectivity index is 1.74. The molecule has 3 rings (SSSR count). The number of aliphatic hydroxyl groups is 1. The number of hydrogen-bond donors (Lipinski definition) is 1. The van der Waals surface area contributed by atoms with Crippen molar-refractivity contribution in [3.63, 3.8) is 0 Å². The van der Waals surface area contributed by atoms with Crippen LogP contribution in [-0.4, -0.2) is 17.5 Å². The highest BCUT2D eigenvalue weighted by Gasteiger charge is 2.33. The third-order valence-corrected chi connectivity index (χ3v) is 6.97. The van der Waals surface area contributed by atoms with Crippen LogP contribution in [0.4, 0.5) is 0 Å². The summed E-state index contributed by atoms with van der Waals surface area (Å²) >= 11 is 3.28. The lowest BCUT2D eigenvalue weighted by molar-refractivity contribution is 0.0887. The summed E-state index contributed by atoms with van der Waals surface area (Å²) in [5, 5.41) is 9.05. The molecule has 1 aliphatic carbocycles. The molecule has 0 amide bonds. The van der Waals surface area contributed by atoms with Crippen LogP contribution in [0, 0.1) is 23.7 Å². The molecule has 4 heteroatoms. The summed E-state index contributed by atoms with van der Waals surface area (Å²) in [5.41, 5.74) is 0. The van der Waals surface area contributed by atoms with Crippen LogP contribution in [0.1, 0.15) is 53.6 Å². The van der Waals surface area contributed by atoms with Crippen molar-refractivity contribution in [1.29, 1.82) is 0 Å². The SMILES string of the molecule is CC#Cc1ccc(-c2ccc(C(=O)[C@H]3CCC[C@H]3CCCO)s2)s1. The Bertz CT molecular complexity index is 760. The number of carbonyl (C=O) groups excluding carboxylic acids is 1. The Kier molecular flexibility index (Phi) is 5.89. The first-order chi connectivity index (χ1) is 11.7. The van der Waals surface area contributed by atoms with E-state index in [1.165, 1.54) is 4.88 Å². The van der Waals surface area contributed by atoms with Gasteiger partial charge in [-0.3, -0.25) is 4.79 Å². The van der Waals surface area contributed by atoms with E-state index in [0.717, 1.165) is 46.7 Å². The summed E-state index contributed by atoms with van der Waals surface area (Å²) in [6.45, 7) is 2.07. The van der Waals surface area contributed by atoms with Crippen molar-refractivity contribution in [2.45, 2.75) is 39.0 Å². The van der Waals surface area contributed by atoms with Gasteiger partial charge in [0.05, 0.1) is 9.75 Å². The zero-order chi connectivity index (χ0) is 16.9. The summed E-state index contributed by atoms with van der Waals surface area (Å²) in [7, 11) is 0. The summed E-state index contributed by atoms with van der Waals surface area (Å²) in [6, 6.07) is 8.17. The molecule has 1 fully saturated rings. The molecule has 1 saturated carbocycles. The first kappa shape index (κ1) is 17.4. The first-order valence-corrected chi connectivity index (χ1v) is 10.1. The molecular formula is C20H22O2S2. The van der Waals surface area contributed by atoms with E-state index in [0.29, 0.717) is 11.7 Å². The van der Waals surface area contributed by atoms with Crippen molar-refractivity contribution in [3.05, 3.63) is 34.0 Å². The fourth-order valence-corrected chi connectivity index (χ4v) is 5.54. The Morgan fingerprint density at radius 2 is 2.00 bits per heavy atom. The Morgan fingerprint density at radius 1 is 1.21 bits per heavy atom. The molecule has 126 valence electrons. The molecule has 2 atom stereocenters. The Labute approximate surface area is 151 Å². The zero-order valence-corrected chi connectivity index (χ0v) is 15.5. The molecule has 1 N–H and O–H groups in total. The minimum Gasteiger partial charge on any atom is -0.396 e. The normalized spacial score (nSPS) is 19.9. The van der Waals surface area contributed by atoms with E-state index in [-0.39, 0.29) is 12.5 Å². The van der Waals surface area contributed by atoms with Crippen LogP contribution in [0.2, 0.25) is 0 Å². The van der Waals surface area contributed by atoms with E-state index in [1.807, 2.05) is 19.1 Å². The molecule has 0 saturated heterocycles. The lowest BCUT2D eigenvalue weighted by Crippen LogP contribution is -2.18. The van der Waals surface area contributed by atoms with E-state index < -0.39 is 0 Å². The van der Waals surface area contributed by atoms with E-state index in [9.17, 15) is 4.79 Å². The molecule has 0 bridgehead atoms. The van der Waals surface area contributed by atoms with Gasteiger partial charge in [0.1, 0.15) is 0 Å². The summed E-state index contributed by atoms with van der Waals surface area (Å²) < 4.78 is 0. The number of Topliss-reactive ketones (excluding diaryl/α,β-unsaturated/α-hetero) is 1. The topological polar surface area (TPSA) is 37.3 Å². The first-order valence-electron chi connectivity index (χ1n) is 8.50. The Hall–Kier alpha value is -1.41. The number of thiophene rings is 2. The van der Waals surface area contributed by atoms with Gasteiger partial charge in [0.25, 0.3) is 0 Å². The largest absolute Gasteiger partial charge is 0.396 e. The maximum Gasteiger partial charge on any atom is 0.176 e. The van der Waals surface area contributed by atoms with Crippen LogP contribution in [-0.2, 0) is 0 Å². The number of rotatable bonds is 6. The van der Waals surface area contributed by atoms with Gasteiger partial charge in [-0.15, -0.1) is 28.6 Å². The fraction of sp³-hybridized carbons (Fsp3) is 0.450. The van der Waals surface area contributed by atoms with Crippen LogP contribution in [0.5, 0.6) is 0 Å². The minimum absolute atomic E-state index is 0.146. The second kappa shape index (κ2) is 8.11. The molecule has 0 unspecified atom stereocenters. The quantitative estimate of drug-likeness (QED) is 0.568. The summed E-state index contributed by atoms with van der Waals surface area (Å²) in [6.07, 6.45) is 5.03. The number of ketones is 1. The predicted molar refractivity (Wildman–Crippen MR) is 102 cm³/mol. The van der Waals surface area contributed by atoms with Gasteiger partial charge in [0, 0.05) is 22.3 Å².